The summed E-state index contributed by atoms with van der Waals surface area (Å²) in [5.74, 6) is -0.888. The van der Waals surface area contributed by atoms with E-state index in [4.69, 9.17) is 13.9 Å². The van der Waals surface area contributed by atoms with Gasteiger partial charge in [-0.3, -0.25) is 0 Å². The Morgan fingerprint density at radius 3 is 2.48 bits per heavy atom. The Labute approximate surface area is 143 Å². The Morgan fingerprint density at radius 1 is 1.12 bits per heavy atom. The molecule has 1 atom stereocenters. The molecule has 128 valence electrons. The maximum Gasteiger partial charge on any atom is 0.349 e. The second kappa shape index (κ2) is 6.68. The molecule has 0 aliphatic heterocycles. The molecule has 0 spiro atoms. The van der Waals surface area contributed by atoms with Gasteiger partial charge in [0, 0.05) is 10.9 Å². The van der Waals surface area contributed by atoms with Crippen molar-refractivity contribution < 1.29 is 28.6 Å². The monoisotopic (exact) mass is 340 g/mol. The van der Waals surface area contributed by atoms with Gasteiger partial charge in [0.2, 0.25) is 6.10 Å². The van der Waals surface area contributed by atoms with Gasteiger partial charge in [-0.05, 0) is 25.1 Å². The number of methoxy groups -OCH3 is 1. The minimum absolute atomic E-state index is 0.300. The molecule has 0 unspecified atom stereocenters. The first kappa shape index (κ1) is 16.6. The Morgan fingerprint density at radius 2 is 1.84 bits per heavy atom. The highest BCUT2D eigenvalue weighted by molar-refractivity contribution is 6.04. The van der Waals surface area contributed by atoms with E-state index in [1.807, 2.05) is 0 Å². The van der Waals surface area contributed by atoms with Crippen molar-refractivity contribution in [1.29, 1.82) is 0 Å². The SMILES string of the molecule is COC(=O)c1c(C)oc2ccc(O[C@H](C(=O)O)c3ccccc3)cc12. The lowest BCUT2D eigenvalue weighted by molar-refractivity contribution is -0.145. The van der Waals surface area contributed by atoms with E-state index in [-0.39, 0.29) is 0 Å². The molecule has 6 heteroatoms. The standard InChI is InChI=1S/C19H16O6/c1-11-16(19(22)23-2)14-10-13(8-9-15(14)24-11)25-17(18(20)21)12-6-4-3-5-7-12/h3-10,17H,1-2H3,(H,20,21)/t17-/m0/s1. The van der Waals surface area contributed by atoms with Crippen LogP contribution in [0.3, 0.4) is 0 Å². The van der Waals surface area contributed by atoms with Crippen LogP contribution >= 0.6 is 0 Å². The average Bonchev–Trinajstić information content (AvgIpc) is 2.94. The molecule has 0 bridgehead atoms. The van der Waals surface area contributed by atoms with Gasteiger partial charge >= 0.3 is 11.9 Å². The molecule has 2 aromatic carbocycles. The molecule has 1 N–H and O–H groups in total. The van der Waals surface area contributed by atoms with E-state index in [9.17, 15) is 14.7 Å². The zero-order chi connectivity index (χ0) is 18.0. The predicted molar refractivity (Wildman–Crippen MR) is 89.7 cm³/mol. The highest BCUT2D eigenvalue weighted by Crippen LogP contribution is 2.31. The van der Waals surface area contributed by atoms with Crippen molar-refractivity contribution in [3.8, 4) is 5.75 Å². The summed E-state index contributed by atoms with van der Waals surface area (Å²) in [6, 6.07) is 13.5. The second-order valence-electron chi connectivity index (χ2n) is 5.43. The van der Waals surface area contributed by atoms with E-state index in [1.165, 1.54) is 7.11 Å². The molecule has 25 heavy (non-hydrogen) atoms. The van der Waals surface area contributed by atoms with Gasteiger partial charge in [0.1, 0.15) is 22.7 Å². The summed E-state index contributed by atoms with van der Waals surface area (Å²) in [5.41, 5.74) is 1.32. The first-order valence-electron chi connectivity index (χ1n) is 7.57. The van der Waals surface area contributed by atoms with Crippen LogP contribution in [0.4, 0.5) is 0 Å². The van der Waals surface area contributed by atoms with Crippen LogP contribution < -0.4 is 4.74 Å². The smallest absolute Gasteiger partial charge is 0.349 e. The number of benzene rings is 2. The number of esters is 1. The minimum Gasteiger partial charge on any atom is -0.478 e. The summed E-state index contributed by atoms with van der Waals surface area (Å²) in [4.78, 5) is 23.5. The number of carboxylic acid groups (broad SMARTS) is 1. The van der Waals surface area contributed by atoms with Crippen molar-refractivity contribution in [3.05, 3.63) is 65.4 Å². The van der Waals surface area contributed by atoms with E-state index >= 15 is 0 Å². The number of carbonyl (C=O) groups excluding carboxylic acids is 1. The first-order chi connectivity index (χ1) is 12.0. The normalized spacial score (nSPS) is 11.9. The number of fused-ring (bicyclic) bond motifs is 1. The summed E-state index contributed by atoms with van der Waals surface area (Å²) in [6.45, 7) is 1.66. The van der Waals surface area contributed by atoms with Crippen LogP contribution in [-0.4, -0.2) is 24.2 Å². The van der Waals surface area contributed by atoms with Gasteiger partial charge in [0.15, 0.2) is 0 Å². The van der Waals surface area contributed by atoms with Gasteiger partial charge in [-0.2, -0.15) is 0 Å². The number of carbonyl (C=O) groups is 2. The largest absolute Gasteiger partial charge is 0.478 e. The summed E-state index contributed by atoms with van der Waals surface area (Å²) in [7, 11) is 1.29. The van der Waals surface area contributed by atoms with Crippen molar-refractivity contribution >= 4 is 22.9 Å². The number of rotatable bonds is 5. The molecule has 0 fully saturated rings. The lowest BCUT2D eigenvalue weighted by atomic mass is 10.1. The Balaban J connectivity index is 2.01. The zero-order valence-corrected chi connectivity index (χ0v) is 13.7. The summed E-state index contributed by atoms with van der Waals surface area (Å²) in [6.07, 6.45) is -1.16. The van der Waals surface area contributed by atoms with Gasteiger partial charge in [-0.25, -0.2) is 9.59 Å². The number of ether oxygens (including phenoxy) is 2. The Kier molecular flexibility index (Phi) is 4.43. The molecule has 0 aliphatic rings. The van der Waals surface area contributed by atoms with Crippen molar-refractivity contribution in [3.63, 3.8) is 0 Å². The molecule has 0 radical (unpaired) electrons. The number of aryl methyl sites for hydroxylation is 1. The van der Waals surface area contributed by atoms with Gasteiger partial charge < -0.3 is 19.0 Å². The molecule has 6 nitrogen and oxygen atoms in total. The summed E-state index contributed by atoms with van der Waals surface area (Å²) >= 11 is 0. The number of carboxylic acids is 1. The minimum atomic E-state index is -1.16. The van der Waals surface area contributed by atoms with E-state index < -0.39 is 18.0 Å². The van der Waals surface area contributed by atoms with E-state index in [0.29, 0.717) is 33.6 Å². The van der Waals surface area contributed by atoms with Crippen molar-refractivity contribution in [2.24, 2.45) is 0 Å². The number of aliphatic carboxylic acids is 1. The Bertz CT molecular complexity index is 926. The quantitative estimate of drug-likeness (QED) is 0.712. The number of hydrogen-bond donors (Lipinski definition) is 1. The highest BCUT2D eigenvalue weighted by atomic mass is 16.5. The predicted octanol–water partition coefficient (Wildman–Crippen LogP) is 3.73. The fourth-order valence-electron chi connectivity index (χ4n) is 2.65. The van der Waals surface area contributed by atoms with Gasteiger partial charge in [-0.1, -0.05) is 30.3 Å². The topological polar surface area (TPSA) is 86.0 Å². The third-order valence-electron chi connectivity index (χ3n) is 3.81. The molecule has 1 aromatic heterocycles. The third-order valence-corrected chi connectivity index (χ3v) is 3.81. The molecule has 0 saturated carbocycles. The Hall–Kier alpha value is -3.28. The fraction of sp³-hybridized carbons (Fsp3) is 0.158. The van der Waals surface area contributed by atoms with Crippen LogP contribution in [0.1, 0.15) is 27.8 Å². The van der Waals surface area contributed by atoms with Crippen molar-refractivity contribution in [2.45, 2.75) is 13.0 Å². The fourth-order valence-corrected chi connectivity index (χ4v) is 2.65. The van der Waals surface area contributed by atoms with Crippen LogP contribution in [0.5, 0.6) is 5.75 Å². The molecule has 0 aliphatic carbocycles. The summed E-state index contributed by atoms with van der Waals surface area (Å²) < 4.78 is 16.0. The van der Waals surface area contributed by atoms with Crippen LogP contribution in [0.15, 0.2) is 52.9 Å². The van der Waals surface area contributed by atoms with Crippen LogP contribution in [0.25, 0.3) is 11.0 Å². The van der Waals surface area contributed by atoms with E-state index in [0.717, 1.165) is 0 Å². The third kappa shape index (κ3) is 3.19. The molecule has 1 heterocycles. The lowest BCUT2D eigenvalue weighted by Crippen LogP contribution is -2.18. The molecular formula is C19H16O6. The van der Waals surface area contributed by atoms with E-state index in [1.54, 1.807) is 55.5 Å². The van der Waals surface area contributed by atoms with Crippen molar-refractivity contribution in [1.82, 2.24) is 0 Å². The van der Waals surface area contributed by atoms with Crippen LogP contribution in [-0.2, 0) is 9.53 Å². The zero-order valence-electron chi connectivity index (χ0n) is 13.7. The van der Waals surface area contributed by atoms with E-state index in [2.05, 4.69) is 0 Å². The van der Waals surface area contributed by atoms with Gasteiger partial charge in [0.05, 0.1) is 7.11 Å². The maximum absolute atomic E-state index is 12.0. The second-order valence-corrected chi connectivity index (χ2v) is 5.43. The number of furan rings is 1. The van der Waals surface area contributed by atoms with Crippen LogP contribution in [0, 0.1) is 6.92 Å². The molecule has 0 saturated heterocycles. The van der Waals surface area contributed by atoms with Gasteiger partial charge in [-0.15, -0.1) is 0 Å². The highest BCUT2D eigenvalue weighted by Gasteiger charge is 2.23. The van der Waals surface area contributed by atoms with Gasteiger partial charge in [0.25, 0.3) is 0 Å². The summed E-state index contributed by atoms with van der Waals surface area (Å²) in [5, 5.41) is 9.98. The molecular weight excluding hydrogens is 324 g/mol. The van der Waals surface area contributed by atoms with Crippen molar-refractivity contribution in [2.75, 3.05) is 7.11 Å². The molecule has 3 aromatic rings. The number of hydrogen-bond acceptors (Lipinski definition) is 5. The molecule has 0 amide bonds. The average molecular weight is 340 g/mol. The van der Waals surface area contributed by atoms with Crippen LogP contribution in [0.2, 0.25) is 0 Å². The molecule has 3 rings (SSSR count). The first-order valence-corrected chi connectivity index (χ1v) is 7.57. The lowest BCUT2D eigenvalue weighted by Gasteiger charge is -2.15. The maximum atomic E-state index is 12.0.